The molecule has 0 bridgehead atoms. The minimum Gasteiger partial charge on any atom is -0.394 e. The maximum atomic E-state index is 13.7. The van der Waals surface area contributed by atoms with Crippen LogP contribution < -0.4 is 16.0 Å². The van der Waals surface area contributed by atoms with Gasteiger partial charge in [-0.25, -0.2) is 13.6 Å². The lowest BCUT2D eigenvalue weighted by Gasteiger charge is -2.31. The van der Waals surface area contributed by atoms with E-state index in [1.807, 2.05) is 0 Å². The molecule has 3 amide bonds. The summed E-state index contributed by atoms with van der Waals surface area (Å²) in [5, 5.41) is 17.3. The maximum absolute atomic E-state index is 13.7. The molecule has 2 heterocycles. The van der Waals surface area contributed by atoms with Crippen molar-refractivity contribution in [1.29, 1.82) is 0 Å². The molecule has 4 N–H and O–H groups in total. The molecule has 0 unspecified atom stereocenters. The highest BCUT2D eigenvalue weighted by molar-refractivity contribution is 5.89. The Morgan fingerprint density at radius 1 is 1.18 bits per heavy atom. The van der Waals surface area contributed by atoms with Gasteiger partial charge in [-0.1, -0.05) is 12.2 Å². The molecule has 11 heteroatoms. The Bertz CT molecular complexity index is 835. The van der Waals surface area contributed by atoms with E-state index in [0.29, 0.717) is 6.54 Å². The van der Waals surface area contributed by atoms with Crippen molar-refractivity contribution in [2.45, 2.75) is 31.1 Å². The van der Waals surface area contributed by atoms with Gasteiger partial charge in [-0.15, -0.1) is 0 Å². The molecule has 0 radical (unpaired) electrons. The number of nitrogens with one attached hydrogen (secondary N) is 3. The number of amides is 3. The van der Waals surface area contributed by atoms with Crippen LogP contribution in [0.1, 0.15) is 12.8 Å². The lowest BCUT2D eigenvalue weighted by Crippen LogP contribution is -2.50. The molecule has 3 rings (SSSR count). The Labute approximate surface area is 191 Å². The number of hydrogen-bond acceptors (Lipinski definition) is 6. The van der Waals surface area contributed by atoms with Crippen molar-refractivity contribution >= 4 is 17.6 Å². The molecule has 33 heavy (non-hydrogen) atoms. The van der Waals surface area contributed by atoms with Crippen LogP contribution in [0.25, 0.3) is 0 Å². The van der Waals surface area contributed by atoms with Gasteiger partial charge in [-0.2, -0.15) is 0 Å². The second kappa shape index (κ2) is 12.6. The summed E-state index contributed by atoms with van der Waals surface area (Å²) in [4.78, 5) is 26.7. The van der Waals surface area contributed by atoms with Crippen LogP contribution in [0.2, 0.25) is 0 Å². The van der Waals surface area contributed by atoms with Crippen LogP contribution in [0, 0.1) is 11.6 Å². The number of ether oxygens (including phenoxy) is 2. The molecular formula is C22H30F2N4O5. The number of aliphatic hydroxyl groups is 1. The third-order valence-electron chi connectivity index (χ3n) is 5.40. The number of halogens is 2. The van der Waals surface area contributed by atoms with Gasteiger partial charge in [0.2, 0.25) is 5.91 Å². The molecule has 1 aromatic rings. The van der Waals surface area contributed by atoms with Gasteiger partial charge in [0.25, 0.3) is 0 Å². The van der Waals surface area contributed by atoms with Crippen molar-refractivity contribution in [3.05, 3.63) is 42.0 Å². The molecule has 9 nitrogen and oxygen atoms in total. The first-order valence-corrected chi connectivity index (χ1v) is 11.0. The summed E-state index contributed by atoms with van der Waals surface area (Å²) >= 11 is 0. The van der Waals surface area contributed by atoms with Crippen LogP contribution in [0.4, 0.5) is 19.3 Å². The lowest BCUT2D eigenvalue weighted by atomic mass is 10.0. The van der Waals surface area contributed by atoms with E-state index in [4.69, 9.17) is 9.47 Å². The number of carbonyl (C=O) groups is 2. The third-order valence-corrected chi connectivity index (χ3v) is 5.40. The molecular weight excluding hydrogens is 438 g/mol. The fourth-order valence-electron chi connectivity index (χ4n) is 3.65. The summed E-state index contributed by atoms with van der Waals surface area (Å²) in [6.07, 6.45) is 2.81. The van der Waals surface area contributed by atoms with Gasteiger partial charge in [0.1, 0.15) is 17.7 Å². The Hall–Kier alpha value is -2.60. The number of urea groups is 1. The predicted octanol–water partition coefficient (Wildman–Crippen LogP) is 0.999. The van der Waals surface area contributed by atoms with Gasteiger partial charge in [0.15, 0.2) is 0 Å². The van der Waals surface area contributed by atoms with Crippen LogP contribution in [0.15, 0.2) is 30.4 Å². The zero-order valence-electron chi connectivity index (χ0n) is 18.3. The summed E-state index contributed by atoms with van der Waals surface area (Å²) in [5.74, 6) is -1.64. The first kappa shape index (κ1) is 25.0. The van der Waals surface area contributed by atoms with E-state index in [9.17, 15) is 23.5 Å². The highest BCUT2D eigenvalue weighted by Crippen LogP contribution is 2.18. The number of nitrogens with zero attached hydrogens (tertiary/aromatic N) is 1. The van der Waals surface area contributed by atoms with Crippen molar-refractivity contribution in [3.8, 4) is 0 Å². The minimum absolute atomic E-state index is 0.0813. The molecule has 2 aliphatic heterocycles. The normalized spacial score (nSPS) is 23.2. The predicted molar refractivity (Wildman–Crippen MR) is 117 cm³/mol. The van der Waals surface area contributed by atoms with E-state index in [2.05, 4.69) is 20.9 Å². The van der Waals surface area contributed by atoms with E-state index in [0.717, 1.165) is 57.5 Å². The molecule has 1 saturated heterocycles. The second-order valence-electron chi connectivity index (χ2n) is 7.89. The zero-order valence-corrected chi connectivity index (χ0v) is 18.3. The van der Waals surface area contributed by atoms with Crippen LogP contribution in [0.3, 0.4) is 0 Å². The molecule has 1 aromatic carbocycles. The summed E-state index contributed by atoms with van der Waals surface area (Å²) in [6.45, 7) is 4.33. The Morgan fingerprint density at radius 3 is 2.73 bits per heavy atom. The molecule has 3 atom stereocenters. The quantitative estimate of drug-likeness (QED) is 0.318. The van der Waals surface area contributed by atoms with E-state index >= 15 is 0 Å². The van der Waals surface area contributed by atoms with Crippen molar-refractivity contribution < 1.29 is 33.0 Å². The van der Waals surface area contributed by atoms with Crippen molar-refractivity contribution in [2.75, 3.05) is 51.3 Å². The van der Waals surface area contributed by atoms with Crippen molar-refractivity contribution in [3.63, 3.8) is 0 Å². The number of rotatable bonds is 9. The molecule has 0 saturated carbocycles. The number of carbonyl (C=O) groups excluding carboxylic acids is 2. The van der Waals surface area contributed by atoms with Crippen LogP contribution >= 0.6 is 0 Å². The fraction of sp³-hybridized carbons (Fsp3) is 0.545. The Morgan fingerprint density at radius 2 is 1.97 bits per heavy atom. The second-order valence-corrected chi connectivity index (χ2v) is 7.89. The number of benzene rings is 1. The first-order chi connectivity index (χ1) is 15.9. The monoisotopic (exact) mass is 468 g/mol. The topological polar surface area (TPSA) is 112 Å². The van der Waals surface area contributed by atoms with E-state index in [1.165, 1.54) is 0 Å². The molecule has 2 aliphatic rings. The highest BCUT2D eigenvalue weighted by atomic mass is 19.1. The smallest absolute Gasteiger partial charge is 0.319 e. The average Bonchev–Trinajstić information content (AvgIpc) is 2.81. The van der Waals surface area contributed by atoms with E-state index < -0.39 is 42.5 Å². The fourth-order valence-corrected chi connectivity index (χ4v) is 3.65. The van der Waals surface area contributed by atoms with E-state index in [-0.39, 0.29) is 18.0 Å². The molecule has 182 valence electrons. The largest absolute Gasteiger partial charge is 0.394 e. The average molecular weight is 469 g/mol. The van der Waals surface area contributed by atoms with Crippen molar-refractivity contribution in [1.82, 2.24) is 15.5 Å². The van der Waals surface area contributed by atoms with Crippen molar-refractivity contribution in [2.24, 2.45) is 0 Å². The molecule has 1 fully saturated rings. The Kier molecular flexibility index (Phi) is 9.55. The van der Waals surface area contributed by atoms with Gasteiger partial charge in [0.05, 0.1) is 44.1 Å². The van der Waals surface area contributed by atoms with Gasteiger partial charge >= 0.3 is 6.03 Å². The zero-order chi connectivity index (χ0) is 23.6. The van der Waals surface area contributed by atoms with Gasteiger partial charge in [-0.3, -0.25) is 9.69 Å². The number of anilines is 1. The van der Waals surface area contributed by atoms with Gasteiger partial charge in [0, 0.05) is 25.7 Å². The first-order valence-electron chi connectivity index (χ1n) is 11.0. The molecule has 0 spiro atoms. The number of aliphatic hydroxyl groups excluding tert-OH is 1. The van der Waals surface area contributed by atoms with Crippen LogP contribution in [-0.2, 0) is 14.3 Å². The molecule has 0 aliphatic carbocycles. The summed E-state index contributed by atoms with van der Waals surface area (Å²) in [6, 6.07) is 1.22. The standard InChI is InChI=1S/C22H30F2N4O5/c23-15-2-4-17(24)19(12-15)27-22(31)26-18-5-3-16(33-20(18)14-29)13-21(30)25-6-1-7-28-8-10-32-11-9-28/h2-5,12,16,18,20,29H,1,6-11,13-14H2,(H,25,30)(H2,26,27,31)/t16-,18+,20+/m1/s1. The Balaban J connectivity index is 1.41. The number of morpholine rings is 1. The SMILES string of the molecule is O=C(C[C@H]1C=C[C@H](NC(=O)Nc2cc(F)ccc2F)[C@H](CO)O1)NCCCN1CCOCC1. The summed E-state index contributed by atoms with van der Waals surface area (Å²) < 4.78 is 38.0. The summed E-state index contributed by atoms with van der Waals surface area (Å²) in [5.41, 5.74) is -0.308. The van der Waals surface area contributed by atoms with Gasteiger partial charge in [-0.05, 0) is 25.1 Å². The minimum atomic E-state index is -0.794. The van der Waals surface area contributed by atoms with Crippen LogP contribution in [0.5, 0.6) is 0 Å². The highest BCUT2D eigenvalue weighted by Gasteiger charge is 2.29. The third kappa shape index (κ3) is 8.04. The maximum Gasteiger partial charge on any atom is 0.319 e. The number of hydrogen-bond donors (Lipinski definition) is 4. The van der Waals surface area contributed by atoms with E-state index in [1.54, 1.807) is 12.2 Å². The molecule has 0 aromatic heterocycles. The van der Waals surface area contributed by atoms with Crippen LogP contribution in [-0.4, -0.2) is 86.2 Å². The van der Waals surface area contributed by atoms with Gasteiger partial charge < -0.3 is 30.5 Å². The lowest BCUT2D eigenvalue weighted by molar-refractivity contribution is -0.125. The summed E-state index contributed by atoms with van der Waals surface area (Å²) in [7, 11) is 0.